The summed E-state index contributed by atoms with van der Waals surface area (Å²) in [5, 5.41) is 16.5. The van der Waals surface area contributed by atoms with Crippen LogP contribution in [0.5, 0.6) is 0 Å². The zero-order valence-corrected chi connectivity index (χ0v) is 21.2. The summed E-state index contributed by atoms with van der Waals surface area (Å²) in [6.45, 7) is 4.40. The van der Waals surface area contributed by atoms with E-state index in [9.17, 15) is 4.39 Å². The van der Waals surface area contributed by atoms with Crippen LogP contribution in [0.3, 0.4) is 0 Å². The number of fused-ring (bicyclic) bond motifs is 1. The van der Waals surface area contributed by atoms with E-state index in [0.29, 0.717) is 28.0 Å². The van der Waals surface area contributed by atoms with Gasteiger partial charge in [-0.15, -0.1) is 0 Å². The van der Waals surface area contributed by atoms with Crippen molar-refractivity contribution in [1.82, 2.24) is 20.2 Å². The standard InChI is InChI=1S/C25H20Cl2FN6P/c1-35(2)22-6-4-3-5-21(22)31-24-18(27)13-29-25(32-24)30-15-8-10-20-16(12-15)23(34-33-20)14-7-9-19(28)17(26)11-14/h3-13H,1-2H3,(H,33,34)(H2,29,30,31,32). The molecule has 0 aliphatic heterocycles. The number of aromatic nitrogens is 4. The zero-order valence-electron chi connectivity index (χ0n) is 18.8. The number of hydrogen-bond donors (Lipinski definition) is 3. The van der Waals surface area contributed by atoms with Gasteiger partial charge in [-0.1, -0.05) is 49.3 Å². The number of aromatic amines is 1. The van der Waals surface area contributed by atoms with Crippen LogP contribution in [0.4, 0.5) is 27.5 Å². The number of H-pyrrole nitrogens is 1. The maximum absolute atomic E-state index is 13.6. The van der Waals surface area contributed by atoms with Crippen LogP contribution in [0, 0.1) is 5.82 Å². The molecule has 2 heterocycles. The number of benzene rings is 3. The molecule has 0 amide bonds. The fourth-order valence-electron chi connectivity index (χ4n) is 3.70. The number of anilines is 4. The summed E-state index contributed by atoms with van der Waals surface area (Å²) in [5.74, 6) is 0.428. The second-order valence-corrected chi connectivity index (χ2v) is 11.1. The fourth-order valence-corrected chi connectivity index (χ4v) is 5.01. The lowest BCUT2D eigenvalue weighted by atomic mass is 10.1. The molecule has 176 valence electrons. The van der Waals surface area contributed by atoms with Crippen molar-refractivity contribution in [1.29, 1.82) is 0 Å². The Morgan fingerprint density at radius 2 is 1.77 bits per heavy atom. The second kappa shape index (κ2) is 9.78. The van der Waals surface area contributed by atoms with Gasteiger partial charge < -0.3 is 10.6 Å². The largest absolute Gasteiger partial charge is 0.338 e. The monoisotopic (exact) mass is 524 g/mol. The van der Waals surface area contributed by atoms with Crippen LogP contribution in [0.25, 0.3) is 22.2 Å². The molecule has 0 radical (unpaired) electrons. The lowest BCUT2D eigenvalue weighted by molar-refractivity contribution is 0.628. The van der Waals surface area contributed by atoms with Crippen LogP contribution < -0.4 is 15.9 Å². The smallest absolute Gasteiger partial charge is 0.229 e. The van der Waals surface area contributed by atoms with Crippen molar-refractivity contribution in [2.24, 2.45) is 0 Å². The lowest BCUT2D eigenvalue weighted by Gasteiger charge is -2.15. The molecule has 0 aliphatic carbocycles. The van der Waals surface area contributed by atoms with Crippen LogP contribution in [-0.2, 0) is 0 Å². The van der Waals surface area contributed by atoms with Gasteiger partial charge in [0.05, 0.1) is 16.7 Å². The first-order chi connectivity index (χ1) is 16.9. The highest BCUT2D eigenvalue weighted by molar-refractivity contribution is 7.64. The molecule has 0 unspecified atom stereocenters. The summed E-state index contributed by atoms with van der Waals surface area (Å²) >= 11 is 12.4. The van der Waals surface area contributed by atoms with Crippen molar-refractivity contribution in [3.63, 3.8) is 0 Å². The van der Waals surface area contributed by atoms with Crippen molar-refractivity contribution < 1.29 is 4.39 Å². The molecule has 0 fully saturated rings. The minimum absolute atomic E-state index is 0.0443. The van der Waals surface area contributed by atoms with E-state index in [1.807, 2.05) is 36.4 Å². The van der Waals surface area contributed by atoms with E-state index in [4.69, 9.17) is 23.2 Å². The third kappa shape index (κ3) is 4.94. The van der Waals surface area contributed by atoms with Crippen molar-refractivity contribution in [2.45, 2.75) is 0 Å². The van der Waals surface area contributed by atoms with Gasteiger partial charge >= 0.3 is 0 Å². The summed E-state index contributed by atoms with van der Waals surface area (Å²) in [6.07, 6.45) is 1.56. The first kappa shape index (κ1) is 23.5. The number of para-hydroxylation sites is 1. The molecule has 0 saturated heterocycles. The van der Waals surface area contributed by atoms with E-state index in [0.717, 1.165) is 22.3 Å². The predicted octanol–water partition coefficient (Wildman–Crippen LogP) is 7.32. The molecule has 5 rings (SSSR count). The van der Waals surface area contributed by atoms with Crippen molar-refractivity contribution in [3.05, 3.63) is 82.7 Å². The van der Waals surface area contributed by atoms with E-state index >= 15 is 0 Å². The van der Waals surface area contributed by atoms with Crippen molar-refractivity contribution >= 4 is 70.5 Å². The third-order valence-electron chi connectivity index (χ3n) is 5.40. The molecule has 2 aromatic heterocycles. The molecule has 35 heavy (non-hydrogen) atoms. The Morgan fingerprint density at radius 3 is 2.57 bits per heavy atom. The molecule has 6 nitrogen and oxygen atoms in total. The van der Waals surface area contributed by atoms with Gasteiger partial charge in [-0.3, -0.25) is 5.10 Å². The molecule has 5 aromatic rings. The highest BCUT2D eigenvalue weighted by atomic mass is 35.5. The Kier molecular flexibility index (Phi) is 6.56. The molecule has 0 spiro atoms. The van der Waals surface area contributed by atoms with Crippen LogP contribution in [0.1, 0.15) is 0 Å². The van der Waals surface area contributed by atoms with E-state index in [2.05, 4.69) is 50.2 Å². The highest BCUT2D eigenvalue weighted by Crippen LogP contribution is 2.33. The molecule has 0 atom stereocenters. The Balaban J connectivity index is 1.45. The van der Waals surface area contributed by atoms with Gasteiger partial charge in [0.1, 0.15) is 16.5 Å². The van der Waals surface area contributed by atoms with Crippen LogP contribution >= 0.6 is 31.1 Å². The number of nitrogens with one attached hydrogen (secondary N) is 3. The summed E-state index contributed by atoms with van der Waals surface area (Å²) in [5.41, 5.74) is 3.93. The number of halogens is 3. The van der Waals surface area contributed by atoms with E-state index in [1.54, 1.807) is 18.3 Å². The average Bonchev–Trinajstić information content (AvgIpc) is 3.26. The van der Waals surface area contributed by atoms with Gasteiger partial charge in [0, 0.05) is 22.3 Å². The second-order valence-electron chi connectivity index (χ2n) is 8.01. The maximum Gasteiger partial charge on any atom is 0.229 e. The maximum atomic E-state index is 13.6. The number of rotatable bonds is 6. The van der Waals surface area contributed by atoms with Crippen LogP contribution in [0.2, 0.25) is 10.0 Å². The lowest BCUT2D eigenvalue weighted by Crippen LogP contribution is -2.09. The van der Waals surface area contributed by atoms with Gasteiger partial charge in [-0.2, -0.15) is 10.1 Å². The zero-order chi connectivity index (χ0) is 24.5. The Labute approximate surface area is 212 Å². The molecule has 0 aliphatic rings. The van der Waals surface area contributed by atoms with Gasteiger partial charge in [0.25, 0.3) is 0 Å². The minimum atomic E-state index is -0.473. The van der Waals surface area contributed by atoms with Crippen molar-refractivity contribution in [2.75, 3.05) is 24.0 Å². The van der Waals surface area contributed by atoms with E-state index in [-0.39, 0.29) is 12.9 Å². The third-order valence-corrected chi connectivity index (χ3v) is 7.31. The van der Waals surface area contributed by atoms with Crippen molar-refractivity contribution in [3.8, 4) is 11.3 Å². The SMILES string of the molecule is CP(C)c1ccccc1Nc1nc(Nc2ccc3[nH]nc(-c4ccc(F)c(Cl)c4)c3c2)ncc1Cl. The van der Waals surface area contributed by atoms with Gasteiger partial charge in [0.2, 0.25) is 5.95 Å². The molecule has 10 heteroatoms. The topological polar surface area (TPSA) is 78.5 Å². The number of nitrogens with zero attached hydrogens (tertiary/aromatic N) is 3. The summed E-state index contributed by atoms with van der Waals surface area (Å²) < 4.78 is 13.6. The average molecular weight is 525 g/mol. The first-order valence-electron chi connectivity index (χ1n) is 10.7. The van der Waals surface area contributed by atoms with Gasteiger partial charge in [-0.25, -0.2) is 9.37 Å². The molecular weight excluding hydrogens is 505 g/mol. The summed E-state index contributed by atoms with van der Waals surface area (Å²) in [7, 11) is -0.311. The van der Waals surface area contributed by atoms with Crippen LogP contribution in [-0.4, -0.2) is 33.5 Å². The molecule has 0 bridgehead atoms. The van der Waals surface area contributed by atoms with Gasteiger partial charge in [0.15, 0.2) is 5.82 Å². The van der Waals surface area contributed by atoms with E-state index in [1.165, 1.54) is 11.4 Å². The molecule has 3 aromatic carbocycles. The quantitative estimate of drug-likeness (QED) is 0.203. The van der Waals surface area contributed by atoms with Gasteiger partial charge in [-0.05, 0) is 61.1 Å². The Hall–Kier alpha value is -3.25. The molecule has 0 saturated carbocycles. The minimum Gasteiger partial charge on any atom is -0.338 e. The van der Waals surface area contributed by atoms with Crippen LogP contribution in [0.15, 0.2) is 66.9 Å². The number of hydrogen-bond acceptors (Lipinski definition) is 5. The summed E-state index contributed by atoms with van der Waals surface area (Å²) in [4.78, 5) is 8.92. The fraction of sp³-hybridized carbons (Fsp3) is 0.0800. The van der Waals surface area contributed by atoms with E-state index < -0.39 is 5.82 Å². The highest BCUT2D eigenvalue weighted by Gasteiger charge is 2.13. The Morgan fingerprint density at radius 1 is 0.943 bits per heavy atom. The normalized spacial score (nSPS) is 11.3. The predicted molar refractivity (Wildman–Crippen MR) is 145 cm³/mol. The molecular formula is C25H20Cl2FN6P. The Bertz CT molecular complexity index is 1540. The molecule has 3 N–H and O–H groups in total. The first-order valence-corrected chi connectivity index (χ1v) is 13.6. The summed E-state index contributed by atoms with van der Waals surface area (Å²) in [6, 6.07) is 18.4.